The Morgan fingerprint density at radius 1 is 1.19 bits per heavy atom. The first-order valence-electron chi connectivity index (χ1n) is 8.86. The summed E-state index contributed by atoms with van der Waals surface area (Å²) in [6, 6.07) is 6.60. The van der Waals surface area contributed by atoms with E-state index in [-0.39, 0.29) is 0 Å². The zero-order valence-corrected chi connectivity index (χ0v) is 14.3. The number of hydrogen-bond acceptors (Lipinski definition) is 3. The number of urea groups is 1. The summed E-state index contributed by atoms with van der Waals surface area (Å²) in [5.74, 6) is 0.522. The van der Waals surface area contributed by atoms with Crippen molar-refractivity contribution in [2.75, 3.05) is 10.6 Å². The van der Waals surface area contributed by atoms with Crippen molar-refractivity contribution in [1.82, 2.24) is 15.0 Å². The lowest BCUT2D eigenvalue weighted by molar-refractivity contribution is 0.262. The molecular formula is C19H20FN5O. The van der Waals surface area contributed by atoms with Gasteiger partial charge in [0, 0.05) is 23.2 Å². The Hall–Kier alpha value is -2.96. The molecule has 0 aromatic carbocycles. The van der Waals surface area contributed by atoms with Gasteiger partial charge in [-0.2, -0.15) is 0 Å². The molecule has 3 aromatic rings. The Morgan fingerprint density at radius 3 is 2.88 bits per heavy atom. The Bertz CT molecular complexity index is 933. The number of carbonyl (C=O) groups is 1. The van der Waals surface area contributed by atoms with Crippen molar-refractivity contribution in [2.45, 2.75) is 38.0 Å². The smallest absolute Gasteiger partial charge is 0.324 e. The molecule has 26 heavy (non-hydrogen) atoms. The maximum absolute atomic E-state index is 13.4. The second-order valence-corrected chi connectivity index (χ2v) is 6.61. The SMILES string of the molecule is O=C(Nc1cccc(C2CCCCC2)n1)Nc1c[nH]c2ncc(F)cc12. The van der Waals surface area contributed by atoms with Gasteiger partial charge in [-0.3, -0.25) is 5.32 Å². The number of H-pyrrole nitrogens is 1. The highest BCUT2D eigenvalue weighted by Gasteiger charge is 2.17. The van der Waals surface area contributed by atoms with Crippen LogP contribution in [0.25, 0.3) is 11.0 Å². The van der Waals surface area contributed by atoms with Crippen molar-refractivity contribution in [2.24, 2.45) is 0 Å². The quantitative estimate of drug-likeness (QED) is 0.633. The number of pyridine rings is 2. The van der Waals surface area contributed by atoms with E-state index in [1.54, 1.807) is 12.3 Å². The van der Waals surface area contributed by atoms with E-state index >= 15 is 0 Å². The third kappa shape index (κ3) is 3.51. The molecule has 0 bridgehead atoms. The topological polar surface area (TPSA) is 82.7 Å². The molecule has 0 aliphatic heterocycles. The Labute approximate surface area is 150 Å². The van der Waals surface area contributed by atoms with Gasteiger partial charge in [-0.1, -0.05) is 25.3 Å². The van der Waals surface area contributed by atoms with E-state index in [0.29, 0.717) is 28.5 Å². The molecule has 7 heteroatoms. The number of nitrogens with one attached hydrogen (secondary N) is 3. The fourth-order valence-corrected chi connectivity index (χ4v) is 3.50. The molecule has 1 aliphatic carbocycles. The second kappa shape index (κ2) is 7.11. The van der Waals surface area contributed by atoms with Crippen LogP contribution < -0.4 is 10.6 Å². The number of hydrogen-bond donors (Lipinski definition) is 3. The Balaban J connectivity index is 1.46. The molecule has 1 aliphatic rings. The highest BCUT2D eigenvalue weighted by molar-refractivity contribution is 6.04. The van der Waals surface area contributed by atoms with Crippen molar-refractivity contribution < 1.29 is 9.18 Å². The van der Waals surface area contributed by atoms with Crippen LogP contribution in [0.15, 0.2) is 36.7 Å². The van der Waals surface area contributed by atoms with Crippen molar-refractivity contribution in [3.05, 3.63) is 48.2 Å². The van der Waals surface area contributed by atoms with E-state index in [2.05, 4.69) is 25.6 Å². The zero-order chi connectivity index (χ0) is 17.9. The summed E-state index contributed by atoms with van der Waals surface area (Å²) in [7, 11) is 0. The molecular weight excluding hydrogens is 333 g/mol. The molecule has 2 amide bonds. The largest absolute Gasteiger partial charge is 0.344 e. The predicted octanol–water partition coefficient (Wildman–Crippen LogP) is 4.79. The van der Waals surface area contributed by atoms with E-state index in [4.69, 9.17) is 0 Å². The first kappa shape index (κ1) is 16.5. The standard InChI is InChI=1S/C19H20FN5O/c20-13-9-14-16(11-22-18(14)21-10-13)24-19(26)25-17-8-4-7-15(23-17)12-5-2-1-3-6-12/h4,7-12H,1-3,5-6H2,(H,21,22)(H2,23,24,25,26). The maximum atomic E-state index is 13.4. The van der Waals surface area contributed by atoms with Gasteiger partial charge in [0.25, 0.3) is 0 Å². The van der Waals surface area contributed by atoms with E-state index in [1.165, 1.54) is 25.3 Å². The molecule has 0 radical (unpaired) electrons. The lowest BCUT2D eigenvalue weighted by atomic mass is 9.87. The van der Waals surface area contributed by atoms with Crippen LogP contribution in [-0.4, -0.2) is 21.0 Å². The minimum Gasteiger partial charge on any atom is -0.344 e. The molecule has 134 valence electrons. The second-order valence-electron chi connectivity index (χ2n) is 6.61. The number of halogens is 1. The number of nitrogens with zero attached hydrogens (tertiary/aromatic N) is 2. The molecule has 0 atom stereocenters. The summed E-state index contributed by atoms with van der Waals surface area (Å²) in [5.41, 5.74) is 2.01. The van der Waals surface area contributed by atoms with Gasteiger partial charge in [0.2, 0.25) is 0 Å². The van der Waals surface area contributed by atoms with E-state index < -0.39 is 11.8 Å². The average molecular weight is 353 g/mol. The molecule has 0 spiro atoms. The van der Waals surface area contributed by atoms with Crippen LogP contribution in [0.1, 0.15) is 43.7 Å². The van der Waals surface area contributed by atoms with E-state index in [0.717, 1.165) is 24.7 Å². The van der Waals surface area contributed by atoms with Gasteiger partial charge in [0.05, 0.1) is 11.9 Å². The molecule has 0 unspecified atom stereocenters. The van der Waals surface area contributed by atoms with Crippen LogP contribution >= 0.6 is 0 Å². The number of fused-ring (bicyclic) bond motifs is 1. The molecule has 4 rings (SSSR count). The summed E-state index contributed by atoms with van der Waals surface area (Å²) in [5, 5.41) is 5.98. The van der Waals surface area contributed by atoms with Gasteiger partial charge >= 0.3 is 6.03 Å². The number of amides is 2. The van der Waals surface area contributed by atoms with Crippen LogP contribution in [0, 0.1) is 5.82 Å². The fraction of sp³-hybridized carbons (Fsp3) is 0.316. The Morgan fingerprint density at radius 2 is 2.04 bits per heavy atom. The van der Waals surface area contributed by atoms with Gasteiger partial charge in [-0.25, -0.2) is 19.2 Å². The first-order chi connectivity index (χ1) is 12.7. The third-order valence-corrected chi connectivity index (χ3v) is 4.78. The average Bonchev–Trinajstić information content (AvgIpc) is 3.04. The molecule has 1 fully saturated rings. The summed E-state index contributed by atoms with van der Waals surface area (Å²) in [6.45, 7) is 0. The number of carbonyl (C=O) groups excluding carboxylic acids is 1. The minimum absolute atomic E-state index is 0.427. The van der Waals surface area contributed by atoms with E-state index in [9.17, 15) is 9.18 Å². The summed E-state index contributed by atoms with van der Waals surface area (Å²) >= 11 is 0. The fourth-order valence-electron chi connectivity index (χ4n) is 3.50. The molecule has 1 saturated carbocycles. The molecule has 0 saturated heterocycles. The lowest BCUT2D eigenvalue weighted by Gasteiger charge is -2.21. The molecule has 3 heterocycles. The van der Waals surface area contributed by atoms with Gasteiger partial charge in [-0.05, 0) is 31.0 Å². The summed E-state index contributed by atoms with van der Waals surface area (Å²) in [4.78, 5) is 23.7. The highest BCUT2D eigenvalue weighted by Crippen LogP contribution is 2.32. The first-order valence-corrected chi connectivity index (χ1v) is 8.86. The van der Waals surface area contributed by atoms with E-state index in [1.807, 2.05) is 12.1 Å². The number of aromatic nitrogens is 3. The maximum Gasteiger partial charge on any atom is 0.324 e. The number of aromatic amines is 1. The number of anilines is 2. The van der Waals surface area contributed by atoms with Gasteiger partial charge in [0.1, 0.15) is 17.3 Å². The predicted molar refractivity (Wildman–Crippen MR) is 98.8 cm³/mol. The van der Waals surface area contributed by atoms with Crippen LogP contribution in [-0.2, 0) is 0 Å². The van der Waals surface area contributed by atoms with Crippen molar-refractivity contribution in [1.29, 1.82) is 0 Å². The summed E-state index contributed by atoms with van der Waals surface area (Å²) in [6.07, 6.45) is 8.77. The van der Waals surface area contributed by atoms with Gasteiger partial charge in [-0.15, -0.1) is 0 Å². The van der Waals surface area contributed by atoms with Gasteiger partial charge in [0.15, 0.2) is 0 Å². The lowest BCUT2D eigenvalue weighted by Crippen LogP contribution is -2.20. The van der Waals surface area contributed by atoms with Gasteiger partial charge < -0.3 is 10.3 Å². The van der Waals surface area contributed by atoms with Crippen LogP contribution in [0.5, 0.6) is 0 Å². The molecule has 6 nitrogen and oxygen atoms in total. The van der Waals surface area contributed by atoms with Crippen molar-refractivity contribution in [3.63, 3.8) is 0 Å². The molecule has 3 N–H and O–H groups in total. The normalized spacial score (nSPS) is 15.1. The molecule has 3 aromatic heterocycles. The third-order valence-electron chi connectivity index (χ3n) is 4.78. The van der Waals surface area contributed by atoms with Crippen molar-refractivity contribution in [3.8, 4) is 0 Å². The zero-order valence-electron chi connectivity index (χ0n) is 14.3. The number of rotatable bonds is 3. The van der Waals surface area contributed by atoms with Crippen molar-refractivity contribution >= 4 is 28.6 Å². The van der Waals surface area contributed by atoms with Crippen LogP contribution in [0.4, 0.5) is 20.7 Å². The highest BCUT2D eigenvalue weighted by atomic mass is 19.1. The Kier molecular flexibility index (Phi) is 4.51. The van der Waals surface area contributed by atoms with Crippen LogP contribution in [0.2, 0.25) is 0 Å². The monoisotopic (exact) mass is 353 g/mol. The summed E-state index contributed by atoms with van der Waals surface area (Å²) < 4.78 is 13.4. The minimum atomic E-state index is -0.456. The van der Waals surface area contributed by atoms with Crippen LogP contribution in [0.3, 0.4) is 0 Å².